The molecule has 0 nitrogen and oxygen atoms in total. The first-order valence-corrected chi connectivity index (χ1v) is 4.98. The molecule has 13 heavy (non-hydrogen) atoms. The van der Waals surface area contributed by atoms with E-state index in [1.165, 1.54) is 6.42 Å². The zero-order valence-corrected chi connectivity index (χ0v) is 8.60. The van der Waals surface area contributed by atoms with E-state index in [0.29, 0.717) is 16.7 Å². The number of halogens is 1. The molecular weight excluding hydrogens is 163 g/mol. The van der Waals surface area contributed by atoms with Gasteiger partial charge in [-0.05, 0) is 41.7 Å². The van der Waals surface area contributed by atoms with Gasteiger partial charge in [-0.15, -0.1) is 0 Å². The van der Waals surface area contributed by atoms with Crippen LogP contribution < -0.4 is 0 Å². The molecule has 0 aromatic rings. The molecule has 1 heteroatoms. The molecule has 0 saturated heterocycles. The van der Waals surface area contributed by atoms with Gasteiger partial charge in [-0.1, -0.05) is 26.8 Å². The Morgan fingerprint density at radius 2 is 2.23 bits per heavy atom. The molecule has 0 radical (unpaired) electrons. The molecule has 2 rings (SSSR count). The Kier molecular flexibility index (Phi) is 1.70. The molecule has 0 aliphatic heterocycles. The molecule has 0 aromatic carbocycles. The summed E-state index contributed by atoms with van der Waals surface area (Å²) in [6.07, 6.45) is 7.82. The summed E-state index contributed by atoms with van der Waals surface area (Å²) >= 11 is 0. The summed E-state index contributed by atoms with van der Waals surface area (Å²) in [4.78, 5) is 0. The van der Waals surface area contributed by atoms with Crippen molar-refractivity contribution in [1.82, 2.24) is 0 Å². The van der Waals surface area contributed by atoms with Gasteiger partial charge >= 0.3 is 0 Å². The van der Waals surface area contributed by atoms with Crippen LogP contribution in [0.5, 0.6) is 0 Å². The number of fused-ring (bicyclic) bond motifs is 1. The normalized spacial score (nSPS) is 36.9. The number of hydrogen-bond donors (Lipinski definition) is 0. The Bertz CT molecular complexity index is 280. The van der Waals surface area contributed by atoms with Crippen LogP contribution in [-0.4, -0.2) is 0 Å². The lowest BCUT2D eigenvalue weighted by Crippen LogP contribution is -2.15. The van der Waals surface area contributed by atoms with E-state index < -0.39 is 0 Å². The van der Waals surface area contributed by atoms with Gasteiger partial charge in [-0.2, -0.15) is 0 Å². The van der Waals surface area contributed by atoms with Crippen molar-refractivity contribution in [1.29, 1.82) is 0 Å². The van der Waals surface area contributed by atoms with Gasteiger partial charge in [0, 0.05) is 0 Å². The lowest BCUT2D eigenvalue weighted by molar-refractivity contribution is 0.304. The predicted octanol–water partition coefficient (Wildman–Crippen LogP) is 3.85. The molecule has 2 aliphatic carbocycles. The minimum atomic E-state index is -0.0490. The zero-order chi connectivity index (χ0) is 9.69. The van der Waals surface area contributed by atoms with E-state index in [0.717, 1.165) is 6.42 Å². The maximum atomic E-state index is 12.8. The van der Waals surface area contributed by atoms with Gasteiger partial charge in [0.05, 0.1) is 0 Å². The van der Waals surface area contributed by atoms with Crippen LogP contribution >= 0.6 is 0 Å². The highest BCUT2D eigenvalue weighted by Crippen LogP contribution is 2.62. The Labute approximate surface area is 79.5 Å². The summed E-state index contributed by atoms with van der Waals surface area (Å²) in [5.74, 6) is 0.434. The maximum absolute atomic E-state index is 12.8. The topological polar surface area (TPSA) is 0 Å². The SMILES string of the molecule is CC(C)(C)CC12C=CC(F)=CC1C2. The summed E-state index contributed by atoms with van der Waals surface area (Å²) in [7, 11) is 0. The second-order valence-corrected chi connectivity index (χ2v) is 5.67. The lowest BCUT2D eigenvalue weighted by atomic mass is 9.80. The third kappa shape index (κ3) is 1.70. The first-order chi connectivity index (χ1) is 5.91. The van der Waals surface area contributed by atoms with E-state index in [9.17, 15) is 4.39 Å². The van der Waals surface area contributed by atoms with Crippen LogP contribution in [0.15, 0.2) is 24.1 Å². The lowest BCUT2D eigenvalue weighted by Gasteiger charge is -2.25. The van der Waals surface area contributed by atoms with Gasteiger partial charge < -0.3 is 0 Å². The molecule has 2 unspecified atom stereocenters. The van der Waals surface area contributed by atoms with Gasteiger partial charge in [0.2, 0.25) is 0 Å². The largest absolute Gasteiger partial charge is 0.207 e. The number of allylic oxidation sites excluding steroid dienone is 4. The highest BCUT2D eigenvalue weighted by molar-refractivity contribution is 5.32. The number of hydrogen-bond acceptors (Lipinski definition) is 0. The molecule has 72 valence electrons. The first-order valence-electron chi connectivity index (χ1n) is 4.98. The smallest absolute Gasteiger partial charge is 0.119 e. The fourth-order valence-corrected chi connectivity index (χ4v) is 2.51. The minimum absolute atomic E-state index is 0.0490. The van der Waals surface area contributed by atoms with Crippen LogP contribution in [0.3, 0.4) is 0 Å². The average Bonchev–Trinajstić information content (AvgIpc) is 2.57. The minimum Gasteiger partial charge on any atom is -0.207 e. The molecular formula is C12H17F. The highest BCUT2D eigenvalue weighted by atomic mass is 19.1. The average molecular weight is 180 g/mol. The molecule has 2 atom stereocenters. The van der Waals surface area contributed by atoms with E-state index in [2.05, 4.69) is 26.8 Å². The van der Waals surface area contributed by atoms with Crippen LogP contribution in [0, 0.1) is 16.7 Å². The third-order valence-corrected chi connectivity index (χ3v) is 2.97. The predicted molar refractivity (Wildman–Crippen MR) is 52.9 cm³/mol. The van der Waals surface area contributed by atoms with E-state index >= 15 is 0 Å². The molecule has 0 amide bonds. The van der Waals surface area contributed by atoms with E-state index in [1.54, 1.807) is 12.2 Å². The first kappa shape index (κ1) is 8.98. The van der Waals surface area contributed by atoms with E-state index in [1.807, 2.05) is 0 Å². The van der Waals surface area contributed by atoms with Crippen LogP contribution in [0.4, 0.5) is 4.39 Å². The maximum Gasteiger partial charge on any atom is 0.119 e. The molecule has 0 N–H and O–H groups in total. The second kappa shape index (κ2) is 2.46. The van der Waals surface area contributed by atoms with Crippen molar-refractivity contribution in [2.75, 3.05) is 0 Å². The molecule has 0 bridgehead atoms. The Morgan fingerprint density at radius 3 is 2.77 bits per heavy atom. The molecule has 1 fully saturated rings. The van der Waals surface area contributed by atoms with Crippen molar-refractivity contribution in [2.45, 2.75) is 33.6 Å². The number of rotatable bonds is 1. The summed E-state index contributed by atoms with van der Waals surface area (Å²) in [5.41, 5.74) is 0.661. The Morgan fingerprint density at radius 1 is 1.54 bits per heavy atom. The second-order valence-electron chi connectivity index (χ2n) is 5.67. The molecule has 0 heterocycles. The van der Waals surface area contributed by atoms with Crippen molar-refractivity contribution in [3.63, 3.8) is 0 Å². The monoisotopic (exact) mass is 180 g/mol. The fraction of sp³-hybridized carbons (Fsp3) is 0.667. The fourth-order valence-electron chi connectivity index (χ4n) is 2.51. The molecule has 1 saturated carbocycles. The van der Waals surface area contributed by atoms with E-state index in [-0.39, 0.29) is 5.83 Å². The Balaban J connectivity index is 2.09. The quantitative estimate of drug-likeness (QED) is 0.575. The molecule has 0 aromatic heterocycles. The van der Waals surface area contributed by atoms with Crippen molar-refractivity contribution in [3.8, 4) is 0 Å². The summed E-state index contributed by atoms with van der Waals surface area (Å²) in [5, 5.41) is 0. The summed E-state index contributed by atoms with van der Waals surface area (Å²) in [6.45, 7) is 6.75. The van der Waals surface area contributed by atoms with Crippen LogP contribution in [0.1, 0.15) is 33.6 Å². The van der Waals surface area contributed by atoms with Crippen molar-refractivity contribution < 1.29 is 4.39 Å². The van der Waals surface area contributed by atoms with Gasteiger partial charge in [-0.25, -0.2) is 4.39 Å². The van der Waals surface area contributed by atoms with Gasteiger partial charge in [-0.3, -0.25) is 0 Å². The van der Waals surface area contributed by atoms with Crippen molar-refractivity contribution in [2.24, 2.45) is 16.7 Å². The van der Waals surface area contributed by atoms with Crippen LogP contribution in [0.2, 0.25) is 0 Å². The van der Waals surface area contributed by atoms with Crippen LogP contribution in [0.25, 0.3) is 0 Å². The highest BCUT2D eigenvalue weighted by Gasteiger charge is 2.53. The van der Waals surface area contributed by atoms with Crippen molar-refractivity contribution in [3.05, 3.63) is 24.1 Å². The van der Waals surface area contributed by atoms with E-state index in [4.69, 9.17) is 0 Å². The van der Waals surface area contributed by atoms with Gasteiger partial charge in [0.25, 0.3) is 0 Å². The van der Waals surface area contributed by atoms with Gasteiger partial charge in [0.1, 0.15) is 5.83 Å². The Hall–Kier alpha value is -0.590. The molecule has 2 aliphatic rings. The zero-order valence-electron chi connectivity index (χ0n) is 8.60. The summed E-state index contributed by atoms with van der Waals surface area (Å²) in [6, 6.07) is 0. The molecule has 0 spiro atoms. The van der Waals surface area contributed by atoms with Gasteiger partial charge in [0.15, 0.2) is 0 Å². The third-order valence-electron chi connectivity index (χ3n) is 2.97. The summed E-state index contributed by atoms with van der Waals surface area (Å²) < 4.78 is 12.8. The van der Waals surface area contributed by atoms with Crippen LogP contribution in [-0.2, 0) is 0 Å². The van der Waals surface area contributed by atoms with Crippen molar-refractivity contribution >= 4 is 0 Å². The standard InChI is InChI=1S/C12H17F/c1-11(2,3)8-12-5-4-10(13)6-9(12)7-12/h4-6,9H,7-8H2,1-3H3.